The molecule has 0 unspecified atom stereocenters. The number of nitrogens with zero attached hydrogens (tertiary/aromatic N) is 6. The third-order valence-corrected chi connectivity index (χ3v) is 7.42. The maximum atomic E-state index is 12.3. The second-order valence-corrected chi connectivity index (χ2v) is 9.58. The molecule has 1 saturated heterocycles. The molecule has 0 bridgehead atoms. The predicted molar refractivity (Wildman–Crippen MR) is 131 cm³/mol. The van der Waals surface area contributed by atoms with Crippen molar-refractivity contribution in [3.05, 3.63) is 30.7 Å². The van der Waals surface area contributed by atoms with Gasteiger partial charge < -0.3 is 20.5 Å². The molecule has 5 heterocycles. The minimum absolute atomic E-state index is 0.0231. The van der Waals surface area contributed by atoms with Gasteiger partial charge in [-0.15, -0.1) is 0 Å². The van der Waals surface area contributed by atoms with E-state index in [9.17, 15) is 4.79 Å². The number of aromatic amines is 1. The van der Waals surface area contributed by atoms with Crippen LogP contribution in [0.2, 0.25) is 0 Å². The van der Waals surface area contributed by atoms with Gasteiger partial charge in [0.25, 0.3) is 0 Å². The molecule has 3 N–H and O–H groups in total. The zero-order chi connectivity index (χ0) is 23.3. The topological polar surface area (TPSA) is 116 Å². The summed E-state index contributed by atoms with van der Waals surface area (Å²) in [6.45, 7) is 3.14. The highest BCUT2D eigenvalue weighted by Gasteiger charge is 2.40. The number of carbonyl (C=O) groups excluding carboxylic acids is 1. The molecule has 0 radical (unpaired) electrons. The SMILES string of the molecule is CNc1nc(N[C@H]2CC[C@@](C)(N3CCCC3=O)CC2)nc2[nH]cc(-c3ccn4nccc4n3)c12. The third-order valence-electron chi connectivity index (χ3n) is 7.42. The van der Waals surface area contributed by atoms with Crippen molar-refractivity contribution < 1.29 is 4.79 Å². The Balaban J connectivity index is 1.23. The number of likely N-dealkylation sites (tertiary alicyclic amines) is 1. The molecular weight excluding hydrogens is 430 g/mol. The maximum absolute atomic E-state index is 12.3. The highest BCUT2D eigenvalue weighted by Crippen LogP contribution is 2.37. The average molecular weight is 460 g/mol. The van der Waals surface area contributed by atoms with E-state index in [1.807, 2.05) is 31.6 Å². The van der Waals surface area contributed by atoms with E-state index in [1.54, 1.807) is 10.7 Å². The van der Waals surface area contributed by atoms with Crippen LogP contribution in [0.4, 0.5) is 11.8 Å². The van der Waals surface area contributed by atoms with Gasteiger partial charge in [0, 0.05) is 55.6 Å². The molecule has 10 heteroatoms. The van der Waals surface area contributed by atoms with Gasteiger partial charge in [0.05, 0.1) is 17.3 Å². The number of hydrogen-bond acceptors (Lipinski definition) is 7. The van der Waals surface area contributed by atoms with Gasteiger partial charge in [-0.05, 0) is 45.1 Å². The lowest BCUT2D eigenvalue weighted by Crippen LogP contribution is -2.50. The van der Waals surface area contributed by atoms with Gasteiger partial charge in [-0.3, -0.25) is 4.79 Å². The van der Waals surface area contributed by atoms with Gasteiger partial charge in [0.2, 0.25) is 11.9 Å². The van der Waals surface area contributed by atoms with Crippen LogP contribution in [0.25, 0.3) is 27.9 Å². The molecule has 10 nitrogen and oxygen atoms in total. The van der Waals surface area contributed by atoms with Crippen molar-refractivity contribution in [2.24, 2.45) is 0 Å². The van der Waals surface area contributed by atoms with E-state index >= 15 is 0 Å². The van der Waals surface area contributed by atoms with Gasteiger partial charge in [-0.1, -0.05) is 0 Å². The van der Waals surface area contributed by atoms with Crippen molar-refractivity contribution in [3.63, 3.8) is 0 Å². The van der Waals surface area contributed by atoms with E-state index in [0.717, 1.165) is 72.4 Å². The molecule has 0 spiro atoms. The normalized spacial score (nSPS) is 23.2. The highest BCUT2D eigenvalue weighted by atomic mass is 16.2. The standard InChI is InChI=1S/C24H29N9O/c1-24(32-12-3-4-19(32)34)9-5-15(6-10-24)28-23-30-21(25-2)20-16(14-26-22(20)31-23)17-8-13-33-18(29-17)7-11-27-33/h7-8,11,13-15H,3-6,9-10,12H2,1-2H3,(H3,25,26,28,30,31)/t15-,24+. The molecule has 0 atom stereocenters. The second-order valence-electron chi connectivity index (χ2n) is 9.58. The van der Waals surface area contributed by atoms with Crippen molar-refractivity contribution in [1.29, 1.82) is 0 Å². The summed E-state index contributed by atoms with van der Waals surface area (Å²) >= 11 is 0. The molecule has 176 valence electrons. The Kier molecular flexibility index (Phi) is 4.89. The van der Waals surface area contributed by atoms with Crippen LogP contribution >= 0.6 is 0 Å². The largest absolute Gasteiger partial charge is 0.372 e. The molecule has 34 heavy (non-hydrogen) atoms. The van der Waals surface area contributed by atoms with Gasteiger partial charge in [0.15, 0.2) is 5.65 Å². The highest BCUT2D eigenvalue weighted by molar-refractivity contribution is 6.00. The van der Waals surface area contributed by atoms with E-state index in [0.29, 0.717) is 18.3 Å². The van der Waals surface area contributed by atoms with Crippen molar-refractivity contribution in [1.82, 2.24) is 34.4 Å². The van der Waals surface area contributed by atoms with E-state index in [2.05, 4.69) is 32.5 Å². The Labute approximate surface area is 197 Å². The summed E-state index contributed by atoms with van der Waals surface area (Å²) in [4.78, 5) is 32.0. The first-order valence-electron chi connectivity index (χ1n) is 12.0. The Morgan fingerprint density at radius 1 is 1.18 bits per heavy atom. The molecule has 4 aromatic heterocycles. The Hall–Kier alpha value is -3.69. The number of carbonyl (C=O) groups is 1. The Morgan fingerprint density at radius 3 is 2.79 bits per heavy atom. The molecule has 1 aliphatic carbocycles. The fourth-order valence-electron chi connectivity index (χ4n) is 5.50. The van der Waals surface area contributed by atoms with Gasteiger partial charge in [0.1, 0.15) is 11.5 Å². The lowest BCUT2D eigenvalue weighted by molar-refractivity contribution is -0.133. The van der Waals surface area contributed by atoms with Crippen LogP contribution in [0, 0.1) is 0 Å². The monoisotopic (exact) mass is 459 g/mol. The minimum atomic E-state index is -0.0231. The molecule has 2 fully saturated rings. The van der Waals surface area contributed by atoms with Crippen molar-refractivity contribution in [2.75, 3.05) is 24.2 Å². The van der Waals surface area contributed by atoms with Crippen LogP contribution in [-0.4, -0.2) is 65.5 Å². The minimum Gasteiger partial charge on any atom is -0.372 e. The first-order valence-corrected chi connectivity index (χ1v) is 12.0. The smallest absolute Gasteiger partial charge is 0.226 e. The summed E-state index contributed by atoms with van der Waals surface area (Å²) in [6, 6.07) is 4.11. The van der Waals surface area contributed by atoms with Crippen molar-refractivity contribution in [3.8, 4) is 11.3 Å². The zero-order valence-electron chi connectivity index (χ0n) is 19.5. The van der Waals surface area contributed by atoms with Crippen LogP contribution in [-0.2, 0) is 4.79 Å². The molecule has 6 rings (SSSR count). The number of aromatic nitrogens is 6. The number of amides is 1. The number of rotatable bonds is 5. The lowest BCUT2D eigenvalue weighted by Gasteiger charge is -2.44. The number of hydrogen-bond donors (Lipinski definition) is 3. The number of fused-ring (bicyclic) bond motifs is 2. The Morgan fingerprint density at radius 2 is 2.03 bits per heavy atom. The number of H-pyrrole nitrogens is 1. The molecule has 4 aromatic rings. The Bertz CT molecular complexity index is 1370. The van der Waals surface area contributed by atoms with E-state index in [1.165, 1.54) is 0 Å². The second kappa shape index (κ2) is 7.96. The van der Waals surface area contributed by atoms with Crippen LogP contribution < -0.4 is 10.6 Å². The molecule has 1 aliphatic heterocycles. The lowest BCUT2D eigenvalue weighted by atomic mass is 9.79. The summed E-state index contributed by atoms with van der Waals surface area (Å²) in [7, 11) is 1.87. The van der Waals surface area contributed by atoms with Crippen LogP contribution in [0.15, 0.2) is 30.7 Å². The summed E-state index contributed by atoms with van der Waals surface area (Å²) in [5.74, 6) is 1.67. The fourth-order valence-corrected chi connectivity index (χ4v) is 5.50. The van der Waals surface area contributed by atoms with Crippen molar-refractivity contribution >= 4 is 34.4 Å². The molecule has 0 aromatic carbocycles. The van der Waals surface area contributed by atoms with Crippen LogP contribution in [0.3, 0.4) is 0 Å². The summed E-state index contributed by atoms with van der Waals surface area (Å²) in [6.07, 6.45) is 11.2. The maximum Gasteiger partial charge on any atom is 0.226 e. The molecule has 1 saturated carbocycles. The summed E-state index contributed by atoms with van der Waals surface area (Å²) < 4.78 is 1.74. The molecular formula is C24H29N9O. The molecule has 1 amide bonds. The van der Waals surface area contributed by atoms with Crippen LogP contribution in [0.5, 0.6) is 0 Å². The van der Waals surface area contributed by atoms with E-state index in [4.69, 9.17) is 15.0 Å². The van der Waals surface area contributed by atoms with Crippen molar-refractivity contribution in [2.45, 2.75) is 57.0 Å². The van der Waals surface area contributed by atoms with Crippen LogP contribution in [0.1, 0.15) is 45.4 Å². The summed E-state index contributed by atoms with van der Waals surface area (Å²) in [5, 5.41) is 11.9. The molecule has 2 aliphatic rings. The first-order chi connectivity index (χ1) is 16.5. The van der Waals surface area contributed by atoms with E-state index in [-0.39, 0.29) is 11.6 Å². The number of nitrogens with one attached hydrogen (secondary N) is 3. The predicted octanol–water partition coefficient (Wildman–Crippen LogP) is 3.44. The van der Waals surface area contributed by atoms with Gasteiger partial charge in [-0.2, -0.15) is 15.1 Å². The fraction of sp³-hybridized carbons (Fsp3) is 0.458. The third kappa shape index (κ3) is 3.44. The quantitative estimate of drug-likeness (QED) is 0.419. The first kappa shape index (κ1) is 20.9. The zero-order valence-corrected chi connectivity index (χ0v) is 19.5. The average Bonchev–Trinajstić information content (AvgIpc) is 3.59. The van der Waals surface area contributed by atoms with Gasteiger partial charge in [-0.25, -0.2) is 9.50 Å². The summed E-state index contributed by atoms with van der Waals surface area (Å²) in [5.41, 5.74) is 3.30. The van der Waals surface area contributed by atoms with Gasteiger partial charge >= 0.3 is 0 Å². The van der Waals surface area contributed by atoms with E-state index < -0.39 is 0 Å². The number of anilines is 2.